The van der Waals surface area contributed by atoms with E-state index in [0.717, 1.165) is 6.20 Å². The third-order valence-electron chi connectivity index (χ3n) is 2.30. The van der Waals surface area contributed by atoms with E-state index in [0.29, 0.717) is 0 Å². The van der Waals surface area contributed by atoms with Gasteiger partial charge in [0.1, 0.15) is 4.92 Å². The van der Waals surface area contributed by atoms with E-state index in [2.05, 4.69) is 25.8 Å². The highest BCUT2D eigenvalue weighted by Gasteiger charge is 2.10. The van der Waals surface area contributed by atoms with E-state index in [4.69, 9.17) is 9.52 Å². The molecule has 0 aliphatic rings. The predicted molar refractivity (Wildman–Crippen MR) is 74.1 cm³/mol. The van der Waals surface area contributed by atoms with E-state index in [9.17, 15) is 14.5 Å². The Labute approximate surface area is 122 Å². The lowest BCUT2D eigenvalue weighted by atomic mass is 10.5. The van der Waals surface area contributed by atoms with Gasteiger partial charge in [0.05, 0.1) is 25.1 Å². The van der Waals surface area contributed by atoms with E-state index in [-0.39, 0.29) is 30.7 Å². The van der Waals surface area contributed by atoms with Crippen LogP contribution in [0.4, 0.5) is 22.0 Å². The molecule has 0 amide bonds. The lowest BCUT2D eigenvalue weighted by molar-refractivity contribution is -0.402. The molecule has 0 aliphatic heterocycles. The van der Waals surface area contributed by atoms with Crippen LogP contribution in [0.1, 0.15) is 5.76 Å². The van der Waals surface area contributed by atoms with Gasteiger partial charge in [0.15, 0.2) is 17.4 Å². The highest BCUT2D eigenvalue weighted by Crippen LogP contribution is 2.14. The molecule has 11 heteroatoms. The Balaban J connectivity index is 2.00. The number of hydrogen-bond donors (Lipinski definition) is 3. The summed E-state index contributed by atoms with van der Waals surface area (Å²) < 4.78 is 18.2. The first kappa shape index (κ1) is 15.3. The Morgan fingerprint density at radius 2 is 2.36 bits per heavy atom. The van der Waals surface area contributed by atoms with Gasteiger partial charge in [0.2, 0.25) is 5.95 Å². The summed E-state index contributed by atoms with van der Waals surface area (Å²) >= 11 is 0. The molecule has 2 heterocycles. The average molecular weight is 310 g/mol. The largest absolute Gasteiger partial charge is 0.433 e. The second-order valence-corrected chi connectivity index (χ2v) is 3.84. The van der Waals surface area contributed by atoms with Crippen molar-refractivity contribution in [1.29, 1.82) is 0 Å². The topological polar surface area (TPSA) is 139 Å². The molecular weight excluding hydrogens is 299 g/mol. The lowest BCUT2D eigenvalue weighted by Gasteiger charge is -2.05. The molecule has 0 spiro atoms. The normalized spacial score (nSPS) is 10.8. The third kappa shape index (κ3) is 3.96. The molecule has 0 unspecified atom stereocenters. The molecule has 2 rings (SSSR count). The van der Waals surface area contributed by atoms with E-state index in [1.807, 2.05) is 0 Å². The van der Waals surface area contributed by atoms with Gasteiger partial charge in [-0.3, -0.25) is 10.1 Å². The molecule has 3 N–H and O–H groups in total. The average Bonchev–Trinajstić information content (AvgIpc) is 2.97. The smallest absolute Gasteiger partial charge is 0.400 e. The Morgan fingerprint density at radius 3 is 3.05 bits per heavy atom. The van der Waals surface area contributed by atoms with Gasteiger partial charge in [-0.15, -0.1) is 0 Å². The quantitative estimate of drug-likeness (QED) is 0.390. The summed E-state index contributed by atoms with van der Waals surface area (Å²) in [5, 5.41) is 25.4. The number of nitro groups is 1. The molecule has 0 aromatic carbocycles. The Bertz CT molecular complexity index is 689. The molecule has 2 aromatic rings. The van der Waals surface area contributed by atoms with Crippen molar-refractivity contribution in [2.24, 2.45) is 5.10 Å². The van der Waals surface area contributed by atoms with Crippen molar-refractivity contribution in [1.82, 2.24) is 9.97 Å². The Hall–Kier alpha value is -3.08. The van der Waals surface area contributed by atoms with Crippen LogP contribution in [0.5, 0.6) is 0 Å². The maximum absolute atomic E-state index is 13.3. The molecule has 10 nitrogen and oxygen atoms in total. The van der Waals surface area contributed by atoms with Crippen LogP contribution < -0.4 is 10.7 Å². The van der Waals surface area contributed by atoms with Gasteiger partial charge in [-0.25, -0.2) is 14.8 Å². The van der Waals surface area contributed by atoms with Crippen molar-refractivity contribution in [3.05, 3.63) is 40.0 Å². The number of nitrogens with zero attached hydrogens (tertiary/aromatic N) is 4. The van der Waals surface area contributed by atoms with Crippen LogP contribution in [0.2, 0.25) is 0 Å². The minimum atomic E-state index is -0.676. The summed E-state index contributed by atoms with van der Waals surface area (Å²) in [7, 11) is 0. The van der Waals surface area contributed by atoms with Crippen molar-refractivity contribution < 1.29 is 18.8 Å². The van der Waals surface area contributed by atoms with Gasteiger partial charge in [-0.2, -0.15) is 10.1 Å². The van der Waals surface area contributed by atoms with Crippen molar-refractivity contribution >= 4 is 23.9 Å². The van der Waals surface area contributed by atoms with Crippen LogP contribution in [-0.2, 0) is 0 Å². The number of furan rings is 1. The Kier molecular flexibility index (Phi) is 4.93. The Morgan fingerprint density at radius 1 is 1.55 bits per heavy atom. The number of hydrazone groups is 1. The summed E-state index contributed by atoms with van der Waals surface area (Å²) in [5.41, 5.74) is 2.42. The molecule has 0 atom stereocenters. The van der Waals surface area contributed by atoms with Crippen LogP contribution in [0.3, 0.4) is 0 Å². The summed E-state index contributed by atoms with van der Waals surface area (Å²) in [5.74, 6) is -1.02. The zero-order valence-electron chi connectivity index (χ0n) is 11.1. The first-order valence-electron chi connectivity index (χ1n) is 6.00. The van der Waals surface area contributed by atoms with Crippen LogP contribution >= 0.6 is 0 Å². The number of hydrogen-bond acceptors (Lipinski definition) is 9. The summed E-state index contributed by atoms with van der Waals surface area (Å²) in [6, 6.07) is 2.55. The van der Waals surface area contributed by atoms with Crippen molar-refractivity contribution in [3.63, 3.8) is 0 Å². The number of rotatable bonds is 7. The molecule has 22 heavy (non-hydrogen) atoms. The zero-order chi connectivity index (χ0) is 15.9. The molecular formula is C11H11FN6O4. The maximum Gasteiger partial charge on any atom is 0.433 e. The molecule has 2 aromatic heterocycles. The number of anilines is 2. The lowest BCUT2D eigenvalue weighted by Crippen LogP contribution is -2.10. The second kappa shape index (κ2) is 7.08. The molecule has 116 valence electrons. The van der Waals surface area contributed by atoms with Crippen molar-refractivity contribution in [2.75, 3.05) is 23.9 Å². The SMILES string of the molecule is O=[N+]([O-])c1ccc(/C=N\Nc2ncc(F)c(NCCO)n2)o1. The number of aromatic nitrogens is 2. The van der Waals surface area contributed by atoms with Gasteiger partial charge >= 0.3 is 5.88 Å². The van der Waals surface area contributed by atoms with Gasteiger partial charge in [-0.1, -0.05) is 0 Å². The third-order valence-corrected chi connectivity index (χ3v) is 2.30. The number of aliphatic hydroxyl groups is 1. The van der Waals surface area contributed by atoms with E-state index in [1.54, 1.807) is 0 Å². The van der Waals surface area contributed by atoms with Crippen LogP contribution in [-0.4, -0.2) is 39.4 Å². The fraction of sp³-hybridized carbons (Fsp3) is 0.182. The minimum absolute atomic E-state index is 0.000791. The number of nitrogens with one attached hydrogen (secondary N) is 2. The maximum atomic E-state index is 13.3. The molecule has 0 saturated carbocycles. The first-order valence-corrected chi connectivity index (χ1v) is 6.00. The summed E-state index contributed by atoms with van der Waals surface area (Å²) in [6.07, 6.45) is 2.11. The number of aliphatic hydroxyl groups excluding tert-OH is 1. The van der Waals surface area contributed by atoms with Crippen molar-refractivity contribution in [2.45, 2.75) is 0 Å². The van der Waals surface area contributed by atoms with Crippen molar-refractivity contribution in [3.8, 4) is 0 Å². The fourth-order valence-corrected chi connectivity index (χ4v) is 1.38. The molecule has 0 radical (unpaired) electrons. The molecule has 0 fully saturated rings. The van der Waals surface area contributed by atoms with Gasteiger partial charge in [0.25, 0.3) is 0 Å². The van der Waals surface area contributed by atoms with Gasteiger partial charge < -0.3 is 14.8 Å². The van der Waals surface area contributed by atoms with Crippen LogP contribution in [0.25, 0.3) is 0 Å². The number of halogens is 1. The monoisotopic (exact) mass is 310 g/mol. The molecule has 0 saturated heterocycles. The zero-order valence-corrected chi connectivity index (χ0v) is 11.1. The van der Waals surface area contributed by atoms with E-state index < -0.39 is 16.6 Å². The standard InChI is InChI=1S/C11H11FN6O4/c12-8-6-14-11(16-10(8)13-3-4-19)17-15-5-7-1-2-9(22-7)18(20)21/h1-2,5-6,19H,3-4H2,(H2,13,14,16,17)/b15-5-. The van der Waals surface area contributed by atoms with Gasteiger partial charge in [0, 0.05) is 6.54 Å². The van der Waals surface area contributed by atoms with E-state index >= 15 is 0 Å². The highest BCUT2D eigenvalue weighted by molar-refractivity contribution is 5.76. The fourth-order valence-electron chi connectivity index (χ4n) is 1.38. The molecule has 0 aliphatic carbocycles. The van der Waals surface area contributed by atoms with Gasteiger partial charge in [-0.05, 0) is 6.07 Å². The first-order chi connectivity index (χ1) is 10.6. The van der Waals surface area contributed by atoms with Crippen LogP contribution in [0, 0.1) is 15.9 Å². The molecule has 0 bridgehead atoms. The summed E-state index contributed by atoms with van der Waals surface area (Å²) in [6.45, 7) is -0.0473. The highest BCUT2D eigenvalue weighted by atomic mass is 19.1. The minimum Gasteiger partial charge on any atom is -0.400 e. The van der Waals surface area contributed by atoms with Crippen LogP contribution in [0.15, 0.2) is 27.8 Å². The second-order valence-electron chi connectivity index (χ2n) is 3.84. The van der Waals surface area contributed by atoms with E-state index in [1.165, 1.54) is 18.3 Å². The predicted octanol–water partition coefficient (Wildman–Crippen LogP) is 0.967. The summed E-state index contributed by atoms with van der Waals surface area (Å²) in [4.78, 5) is 17.2.